The molecule has 4 rings (SSSR count). The molecular formula is C21H17FN2O3S. The van der Waals surface area contributed by atoms with Gasteiger partial charge in [0.05, 0.1) is 17.2 Å². The zero-order valence-corrected chi connectivity index (χ0v) is 15.6. The average Bonchev–Trinajstić information content (AvgIpc) is 3.16. The lowest BCUT2D eigenvalue weighted by atomic mass is 10.2. The standard InChI is InChI=1S/C21H17FN2O3S/c22-14-5-3-6-15(11-14)23-20(25)13-24-16-7-1-2-9-18(16)28-19(12-21(24)26)17-8-4-10-27-17/h1-11,19H,12-13H2,(H,23,25)/t19-/m0/s1. The molecule has 0 saturated carbocycles. The highest BCUT2D eigenvalue weighted by Gasteiger charge is 2.31. The minimum atomic E-state index is -0.438. The van der Waals surface area contributed by atoms with Gasteiger partial charge in [0.1, 0.15) is 18.1 Å². The molecule has 0 saturated heterocycles. The van der Waals surface area contributed by atoms with Crippen LogP contribution in [-0.2, 0) is 9.59 Å². The van der Waals surface area contributed by atoms with Crippen molar-refractivity contribution >= 4 is 35.0 Å². The normalized spacial score (nSPS) is 16.4. The van der Waals surface area contributed by atoms with Gasteiger partial charge in [0.25, 0.3) is 0 Å². The zero-order valence-electron chi connectivity index (χ0n) is 14.8. The minimum Gasteiger partial charge on any atom is -0.468 e. The van der Waals surface area contributed by atoms with Crippen LogP contribution >= 0.6 is 11.8 Å². The molecule has 0 radical (unpaired) electrons. The summed E-state index contributed by atoms with van der Waals surface area (Å²) in [4.78, 5) is 27.8. The number of rotatable bonds is 4. The van der Waals surface area contributed by atoms with E-state index in [9.17, 15) is 14.0 Å². The van der Waals surface area contributed by atoms with Gasteiger partial charge in [-0.25, -0.2) is 4.39 Å². The van der Waals surface area contributed by atoms with Crippen molar-refractivity contribution in [2.75, 3.05) is 16.8 Å². The number of hydrogen-bond donors (Lipinski definition) is 1. The summed E-state index contributed by atoms with van der Waals surface area (Å²) in [5, 5.41) is 2.48. The molecule has 0 aliphatic carbocycles. The van der Waals surface area contributed by atoms with Crippen molar-refractivity contribution in [3.63, 3.8) is 0 Å². The lowest BCUT2D eigenvalue weighted by molar-refractivity contribution is -0.121. The summed E-state index contributed by atoms with van der Waals surface area (Å²) in [5.74, 6) is -0.283. The lowest BCUT2D eigenvalue weighted by Gasteiger charge is -2.22. The summed E-state index contributed by atoms with van der Waals surface area (Å²) >= 11 is 1.54. The number of amides is 2. The van der Waals surface area contributed by atoms with Crippen LogP contribution in [0.4, 0.5) is 15.8 Å². The number of anilines is 2. The molecule has 7 heteroatoms. The summed E-state index contributed by atoms with van der Waals surface area (Å²) in [6.07, 6.45) is 1.79. The molecule has 2 heterocycles. The van der Waals surface area contributed by atoms with Crippen molar-refractivity contribution < 1.29 is 18.4 Å². The molecule has 5 nitrogen and oxygen atoms in total. The second kappa shape index (κ2) is 7.90. The van der Waals surface area contributed by atoms with E-state index in [4.69, 9.17) is 4.42 Å². The van der Waals surface area contributed by atoms with Crippen molar-refractivity contribution in [2.45, 2.75) is 16.6 Å². The molecule has 0 spiro atoms. The summed E-state index contributed by atoms with van der Waals surface area (Å²) < 4.78 is 18.8. The second-order valence-electron chi connectivity index (χ2n) is 6.33. The van der Waals surface area contributed by atoms with Crippen LogP contribution in [0.5, 0.6) is 0 Å². The van der Waals surface area contributed by atoms with Crippen molar-refractivity contribution in [3.05, 3.63) is 78.5 Å². The maximum Gasteiger partial charge on any atom is 0.244 e. The number of carbonyl (C=O) groups excluding carboxylic acids is 2. The van der Waals surface area contributed by atoms with E-state index in [0.29, 0.717) is 11.4 Å². The fourth-order valence-corrected chi connectivity index (χ4v) is 4.33. The molecular weight excluding hydrogens is 379 g/mol. The molecule has 1 aromatic heterocycles. The number of benzene rings is 2. The fourth-order valence-electron chi connectivity index (χ4n) is 3.09. The van der Waals surface area contributed by atoms with Crippen LogP contribution in [-0.4, -0.2) is 18.4 Å². The number of hydrogen-bond acceptors (Lipinski definition) is 4. The highest BCUT2D eigenvalue weighted by Crippen LogP contribution is 2.45. The predicted molar refractivity (Wildman–Crippen MR) is 106 cm³/mol. The smallest absolute Gasteiger partial charge is 0.244 e. The van der Waals surface area contributed by atoms with Gasteiger partial charge in [-0.1, -0.05) is 18.2 Å². The summed E-state index contributed by atoms with van der Waals surface area (Å²) in [7, 11) is 0. The van der Waals surface area contributed by atoms with E-state index in [0.717, 1.165) is 10.7 Å². The van der Waals surface area contributed by atoms with Gasteiger partial charge in [-0.3, -0.25) is 9.59 Å². The molecule has 0 unspecified atom stereocenters. The van der Waals surface area contributed by atoms with Gasteiger partial charge in [-0.05, 0) is 42.5 Å². The molecule has 0 fully saturated rings. The number of thioether (sulfide) groups is 1. The highest BCUT2D eigenvalue weighted by molar-refractivity contribution is 7.99. The molecule has 3 aromatic rings. The van der Waals surface area contributed by atoms with Gasteiger partial charge < -0.3 is 14.6 Å². The number of carbonyl (C=O) groups is 2. The lowest BCUT2D eigenvalue weighted by Crippen LogP contribution is -2.38. The van der Waals surface area contributed by atoms with Crippen molar-refractivity contribution in [3.8, 4) is 0 Å². The van der Waals surface area contributed by atoms with Crippen LogP contribution in [0.3, 0.4) is 0 Å². The first-order valence-electron chi connectivity index (χ1n) is 8.75. The molecule has 1 N–H and O–H groups in total. The van der Waals surface area contributed by atoms with Crippen LogP contribution in [0.1, 0.15) is 17.4 Å². The SMILES string of the molecule is O=C(CN1C(=O)C[C@@H](c2ccco2)Sc2ccccc21)Nc1cccc(F)c1. The van der Waals surface area contributed by atoms with E-state index in [1.807, 2.05) is 30.3 Å². The summed E-state index contributed by atoms with van der Waals surface area (Å²) in [6.45, 7) is -0.155. The van der Waals surface area contributed by atoms with E-state index >= 15 is 0 Å². The Labute approximate surface area is 165 Å². The Morgan fingerprint density at radius 2 is 2.04 bits per heavy atom. The monoisotopic (exact) mass is 396 g/mol. The van der Waals surface area contributed by atoms with E-state index in [1.165, 1.54) is 34.9 Å². The van der Waals surface area contributed by atoms with Crippen LogP contribution < -0.4 is 10.2 Å². The van der Waals surface area contributed by atoms with Gasteiger partial charge in [-0.15, -0.1) is 11.8 Å². The van der Waals surface area contributed by atoms with Gasteiger partial charge in [0.15, 0.2) is 0 Å². The number of furan rings is 1. The molecule has 2 aromatic carbocycles. The largest absolute Gasteiger partial charge is 0.468 e. The molecule has 142 valence electrons. The van der Waals surface area contributed by atoms with Crippen molar-refractivity contribution in [1.82, 2.24) is 0 Å². The Hall–Kier alpha value is -3.06. The highest BCUT2D eigenvalue weighted by atomic mass is 32.2. The van der Waals surface area contributed by atoms with Crippen LogP contribution in [0.25, 0.3) is 0 Å². The number of para-hydroxylation sites is 1. The van der Waals surface area contributed by atoms with Gasteiger partial charge in [0, 0.05) is 17.0 Å². The first-order chi connectivity index (χ1) is 13.6. The minimum absolute atomic E-state index is 0.155. The third-order valence-corrected chi connectivity index (χ3v) is 5.64. The van der Waals surface area contributed by atoms with E-state index < -0.39 is 11.7 Å². The summed E-state index contributed by atoms with van der Waals surface area (Å²) in [6, 6.07) is 16.8. The summed E-state index contributed by atoms with van der Waals surface area (Å²) in [5.41, 5.74) is 1.03. The molecule has 0 bridgehead atoms. The van der Waals surface area contributed by atoms with E-state index in [1.54, 1.807) is 18.4 Å². The van der Waals surface area contributed by atoms with Crippen LogP contribution in [0.2, 0.25) is 0 Å². The van der Waals surface area contributed by atoms with Gasteiger partial charge in [0.2, 0.25) is 11.8 Å². The first-order valence-corrected chi connectivity index (χ1v) is 9.63. The third kappa shape index (κ3) is 3.94. The fraction of sp³-hybridized carbons (Fsp3) is 0.143. The van der Waals surface area contributed by atoms with Gasteiger partial charge >= 0.3 is 0 Å². The van der Waals surface area contributed by atoms with Gasteiger partial charge in [-0.2, -0.15) is 0 Å². The molecule has 2 amide bonds. The molecule has 1 aliphatic heterocycles. The average molecular weight is 396 g/mol. The number of nitrogens with one attached hydrogen (secondary N) is 1. The van der Waals surface area contributed by atoms with E-state index in [2.05, 4.69) is 5.32 Å². The first kappa shape index (κ1) is 18.3. The Kier molecular flexibility index (Phi) is 5.16. The molecule has 1 atom stereocenters. The predicted octanol–water partition coefficient (Wildman–Crippen LogP) is 4.63. The van der Waals surface area contributed by atoms with Crippen molar-refractivity contribution in [2.24, 2.45) is 0 Å². The maximum absolute atomic E-state index is 13.3. The maximum atomic E-state index is 13.3. The number of nitrogens with zero attached hydrogens (tertiary/aromatic N) is 1. The van der Waals surface area contributed by atoms with Crippen molar-refractivity contribution in [1.29, 1.82) is 0 Å². The third-order valence-electron chi connectivity index (χ3n) is 4.36. The zero-order chi connectivity index (χ0) is 19.5. The van der Waals surface area contributed by atoms with Crippen LogP contribution in [0, 0.1) is 5.82 Å². The number of fused-ring (bicyclic) bond motifs is 1. The molecule has 28 heavy (non-hydrogen) atoms. The Morgan fingerprint density at radius 3 is 2.82 bits per heavy atom. The molecule has 1 aliphatic rings. The topological polar surface area (TPSA) is 62.6 Å². The Bertz CT molecular complexity index is 1010. The Morgan fingerprint density at radius 1 is 1.18 bits per heavy atom. The Balaban J connectivity index is 1.58. The van der Waals surface area contributed by atoms with E-state index in [-0.39, 0.29) is 24.1 Å². The number of halogens is 1. The second-order valence-corrected chi connectivity index (χ2v) is 7.58. The van der Waals surface area contributed by atoms with Crippen LogP contribution in [0.15, 0.2) is 76.2 Å². The quantitative estimate of drug-likeness (QED) is 0.699.